The fourth-order valence-electron chi connectivity index (χ4n) is 2.22. The van der Waals surface area contributed by atoms with Crippen molar-refractivity contribution in [1.82, 2.24) is 5.32 Å². The first-order valence-electron chi connectivity index (χ1n) is 6.86. The van der Waals surface area contributed by atoms with Gasteiger partial charge in [-0.3, -0.25) is 0 Å². The average molecular weight is 313 g/mol. The summed E-state index contributed by atoms with van der Waals surface area (Å²) in [7, 11) is -2.82. The van der Waals surface area contributed by atoms with Crippen LogP contribution in [0.25, 0.3) is 0 Å². The highest BCUT2D eigenvalue weighted by atomic mass is 32.2. The number of sulfone groups is 1. The van der Waals surface area contributed by atoms with Gasteiger partial charge < -0.3 is 15.2 Å². The third-order valence-corrected chi connectivity index (χ3v) is 5.18. The van der Waals surface area contributed by atoms with E-state index in [1.807, 2.05) is 0 Å². The number of carboxylic acids is 1. The standard InChI is InChI=1S/C14H19NO5S/c16-14(17)11-1-3-13(4-2-11)20-8-7-15-12-5-9-21(18,19)10-6-12/h1-4,12,15H,5-10H2,(H,16,17). The zero-order valence-corrected chi connectivity index (χ0v) is 12.4. The number of hydrogen-bond donors (Lipinski definition) is 2. The molecule has 0 saturated carbocycles. The third kappa shape index (κ3) is 5.02. The molecule has 0 atom stereocenters. The number of rotatable bonds is 6. The van der Waals surface area contributed by atoms with Gasteiger partial charge in [-0.2, -0.15) is 0 Å². The van der Waals surface area contributed by atoms with Gasteiger partial charge in [0.15, 0.2) is 0 Å². The van der Waals surface area contributed by atoms with Crippen LogP contribution in [-0.2, 0) is 9.84 Å². The predicted molar refractivity (Wildman–Crippen MR) is 78.6 cm³/mol. The lowest BCUT2D eigenvalue weighted by Crippen LogP contribution is -2.39. The van der Waals surface area contributed by atoms with Gasteiger partial charge in [-0.15, -0.1) is 0 Å². The summed E-state index contributed by atoms with van der Waals surface area (Å²) in [6, 6.07) is 6.47. The molecule has 116 valence electrons. The van der Waals surface area contributed by atoms with Crippen molar-refractivity contribution >= 4 is 15.8 Å². The minimum Gasteiger partial charge on any atom is -0.492 e. The number of aromatic carboxylic acids is 1. The number of ether oxygens (including phenoxy) is 1. The van der Waals surface area contributed by atoms with Crippen molar-refractivity contribution in [3.8, 4) is 5.75 Å². The van der Waals surface area contributed by atoms with Crippen molar-refractivity contribution in [2.24, 2.45) is 0 Å². The number of carboxylic acid groups (broad SMARTS) is 1. The van der Waals surface area contributed by atoms with E-state index < -0.39 is 15.8 Å². The Balaban J connectivity index is 1.67. The molecule has 7 heteroatoms. The van der Waals surface area contributed by atoms with Gasteiger partial charge in [0.2, 0.25) is 0 Å². The van der Waals surface area contributed by atoms with Crippen LogP contribution < -0.4 is 10.1 Å². The van der Waals surface area contributed by atoms with Crippen molar-refractivity contribution in [2.45, 2.75) is 18.9 Å². The zero-order valence-electron chi connectivity index (χ0n) is 11.6. The Morgan fingerprint density at radius 1 is 1.24 bits per heavy atom. The SMILES string of the molecule is O=C(O)c1ccc(OCCNC2CCS(=O)(=O)CC2)cc1. The molecule has 1 saturated heterocycles. The van der Waals surface area contributed by atoms with Crippen molar-refractivity contribution < 1.29 is 23.1 Å². The fraction of sp³-hybridized carbons (Fsp3) is 0.500. The van der Waals surface area contributed by atoms with Gasteiger partial charge in [-0.1, -0.05) is 0 Å². The molecule has 21 heavy (non-hydrogen) atoms. The summed E-state index contributed by atoms with van der Waals surface area (Å²) in [5.74, 6) is 0.160. The number of benzene rings is 1. The molecule has 1 aromatic carbocycles. The molecule has 1 heterocycles. The smallest absolute Gasteiger partial charge is 0.335 e. The number of nitrogens with one attached hydrogen (secondary N) is 1. The average Bonchev–Trinajstić information content (AvgIpc) is 2.45. The van der Waals surface area contributed by atoms with E-state index in [9.17, 15) is 13.2 Å². The van der Waals surface area contributed by atoms with Crippen LogP contribution >= 0.6 is 0 Å². The van der Waals surface area contributed by atoms with Crippen LogP contribution in [0.4, 0.5) is 0 Å². The zero-order chi connectivity index (χ0) is 15.3. The maximum absolute atomic E-state index is 11.3. The number of hydrogen-bond acceptors (Lipinski definition) is 5. The quantitative estimate of drug-likeness (QED) is 0.759. The predicted octanol–water partition coefficient (Wildman–Crippen LogP) is 0.930. The van der Waals surface area contributed by atoms with Gasteiger partial charge >= 0.3 is 5.97 Å². The highest BCUT2D eigenvalue weighted by molar-refractivity contribution is 7.91. The summed E-state index contributed by atoms with van der Waals surface area (Å²) >= 11 is 0. The van der Waals surface area contributed by atoms with E-state index >= 15 is 0 Å². The van der Waals surface area contributed by atoms with Crippen LogP contribution in [0.3, 0.4) is 0 Å². The molecule has 0 amide bonds. The van der Waals surface area contributed by atoms with Gasteiger partial charge in [0, 0.05) is 12.6 Å². The van der Waals surface area contributed by atoms with E-state index in [1.54, 1.807) is 12.1 Å². The van der Waals surface area contributed by atoms with Crippen LogP contribution in [0.2, 0.25) is 0 Å². The minimum absolute atomic E-state index is 0.226. The lowest BCUT2D eigenvalue weighted by atomic mass is 10.1. The highest BCUT2D eigenvalue weighted by Crippen LogP contribution is 2.13. The molecule has 2 rings (SSSR count). The Hall–Kier alpha value is -1.60. The van der Waals surface area contributed by atoms with E-state index in [4.69, 9.17) is 9.84 Å². The van der Waals surface area contributed by atoms with E-state index in [1.165, 1.54) is 12.1 Å². The lowest BCUT2D eigenvalue weighted by Gasteiger charge is -2.23. The summed E-state index contributed by atoms with van der Waals surface area (Å²) in [6.07, 6.45) is 1.30. The first-order chi connectivity index (χ1) is 9.96. The molecule has 0 bridgehead atoms. The van der Waals surface area contributed by atoms with Crippen LogP contribution in [0.1, 0.15) is 23.2 Å². The molecular weight excluding hydrogens is 294 g/mol. The van der Waals surface area contributed by atoms with Gasteiger partial charge in [-0.05, 0) is 37.1 Å². The van der Waals surface area contributed by atoms with Crippen molar-refractivity contribution in [3.63, 3.8) is 0 Å². The van der Waals surface area contributed by atoms with E-state index in [0.717, 1.165) is 0 Å². The summed E-state index contributed by atoms with van der Waals surface area (Å²) < 4.78 is 28.1. The normalized spacial score (nSPS) is 18.3. The second-order valence-electron chi connectivity index (χ2n) is 5.06. The van der Waals surface area contributed by atoms with Crippen molar-refractivity contribution in [1.29, 1.82) is 0 Å². The molecule has 0 aliphatic carbocycles. The summed E-state index contributed by atoms with van der Waals surface area (Å²) in [5.41, 5.74) is 0.226. The second-order valence-corrected chi connectivity index (χ2v) is 7.36. The fourth-order valence-corrected chi connectivity index (χ4v) is 3.71. The molecule has 0 spiro atoms. The maximum Gasteiger partial charge on any atom is 0.335 e. The highest BCUT2D eigenvalue weighted by Gasteiger charge is 2.22. The Morgan fingerprint density at radius 2 is 1.86 bits per heavy atom. The van der Waals surface area contributed by atoms with Crippen LogP contribution in [0.15, 0.2) is 24.3 Å². The van der Waals surface area contributed by atoms with Crippen LogP contribution in [0, 0.1) is 0 Å². The Labute approximate surface area is 124 Å². The molecule has 1 fully saturated rings. The summed E-state index contributed by atoms with van der Waals surface area (Å²) in [5, 5.41) is 12.1. The molecule has 0 radical (unpaired) electrons. The van der Waals surface area contributed by atoms with Gasteiger partial charge in [0.25, 0.3) is 0 Å². The molecule has 0 aromatic heterocycles. The second kappa shape index (κ2) is 6.91. The molecule has 1 aromatic rings. The monoisotopic (exact) mass is 313 g/mol. The van der Waals surface area contributed by atoms with Gasteiger partial charge in [0.1, 0.15) is 22.2 Å². The third-order valence-electron chi connectivity index (χ3n) is 3.46. The Kier molecular flexibility index (Phi) is 5.19. The van der Waals surface area contributed by atoms with Crippen LogP contribution in [-0.4, -0.2) is 50.2 Å². The van der Waals surface area contributed by atoms with Crippen molar-refractivity contribution in [3.05, 3.63) is 29.8 Å². The van der Waals surface area contributed by atoms with Gasteiger partial charge in [-0.25, -0.2) is 13.2 Å². The lowest BCUT2D eigenvalue weighted by molar-refractivity contribution is 0.0697. The maximum atomic E-state index is 11.3. The molecular formula is C14H19NO5S. The van der Waals surface area contributed by atoms with Crippen molar-refractivity contribution in [2.75, 3.05) is 24.7 Å². The van der Waals surface area contributed by atoms with Gasteiger partial charge in [0.05, 0.1) is 17.1 Å². The molecule has 6 nitrogen and oxygen atoms in total. The molecule has 0 unspecified atom stereocenters. The van der Waals surface area contributed by atoms with E-state index in [0.29, 0.717) is 31.7 Å². The number of carbonyl (C=O) groups is 1. The summed E-state index contributed by atoms with van der Waals surface area (Å²) in [6.45, 7) is 1.08. The Morgan fingerprint density at radius 3 is 2.43 bits per heavy atom. The first kappa shape index (κ1) is 15.8. The first-order valence-corrected chi connectivity index (χ1v) is 8.68. The Bertz CT molecular complexity index is 568. The molecule has 2 N–H and O–H groups in total. The minimum atomic E-state index is -2.82. The largest absolute Gasteiger partial charge is 0.492 e. The van der Waals surface area contributed by atoms with Crippen LogP contribution in [0.5, 0.6) is 5.75 Å². The van der Waals surface area contributed by atoms with E-state index in [2.05, 4.69) is 5.32 Å². The topological polar surface area (TPSA) is 92.7 Å². The molecule has 1 aliphatic rings. The molecule has 1 aliphatic heterocycles. The van der Waals surface area contributed by atoms with E-state index in [-0.39, 0.29) is 23.1 Å². The summed E-state index contributed by atoms with van der Waals surface area (Å²) in [4.78, 5) is 10.7.